The van der Waals surface area contributed by atoms with E-state index in [0.717, 1.165) is 12.8 Å². The lowest BCUT2D eigenvalue weighted by molar-refractivity contribution is -0.129. The van der Waals surface area contributed by atoms with E-state index in [0.29, 0.717) is 0 Å². The third-order valence-electron chi connectivity index (χ3n) is 3.67. The summed E-state index contributed by atoms with van der Waals surface area (Å²) in [4.78, 5) is 24.0. The van der Waals surface area contributed by atoms with Gasteiger partial charge in [-0.15, -0.1) is 0 Å². The van der Waals surface area contributed by atoms with Crippen LogP contribution in [-0.2, 0) is 19.6 Å². The highest BCUT2D eigenvalue weighted by molar-refractivity contribution is 7.89. The Balaban J connectivity index is 2.20. The average molecular weight is 384 g/mol. The molecule has 1 saturated carbocycles. The predicted molar refractivity (Wildman–Crippen MR) is 94.5 cm³/mol. The van der Waals surface area contributed by atoms with Gasteiger partial charge in [0.1, 0.15) is 10.6 Å². The van der Waals surface area contributed by atoms with Crippen molar-refractivity contribution in [1.82, 2.24) is 10.0 Å². The number of carbonyl (C=O) groups is 2. The van der Waals surface area contributed by atoms with Crippen molar-refractivity contribution in [2.45, 2.75) is 56.7 Å². The molecule has 2 N–H and O–H groups in total. The number of amides is 1. The maximum Gasteiger partial charge on any atom is 0.338 e. The van der Waals surface area contributed by atoms with Gasteiger partial charge in [0.25, 0.3) is 5.91 Å². The van der Waals surface area contributed by atoms with E-state index in [4.69, 9.17) is 9.47 Å². The number of ether oxygens (including phenoxy) is 2. The second-order valence-electron chi connectivity index (χ2n) is 6.47. The summed E-state index contributed by atoms with van der Waals surface area (Å²) >= 11 is 0. The first-order valence-electron chi connectivity index (χ1n) is 8.35. The van der Waals surface area contributed by atoms with Crippen LogP contribution in [0.1, 0.15) is 44.0 Å². The molecule has 0 saturated heterocycles. The molecular weight excluding hydrogens is 360 g/mol. The number of esters is 1. The summed E-state index contributed by atoms with van der Waals surface area (Å²) in [6.07, 6.45) is 0.564. The largest absolute Gasteiger partial charge is 0.495 e. The Kier molecular flexibility index (Phi) is 6.25. The van der Waals surface area contributed by atoms with Crippen LogP contribution in [-0.4, -0.2) is 45.6 Å². The molecule has 9 heteroatoms. The van der Waals surface area contributed by atoms with Gasteiger partial charge in [0.2, 0.25) is 10.0 Å². The maximum absolute atomic E-state index is 12.5. The second-order valence-corrected chi connectivity index (χ2v) is 8.15. The molecule has 8 nitrogen and oxygen atoms in total. The lowest BCUT2D eigenvalue weighted by Gasteiger charge is -2.16. The Labute approximate surface area is 153 Å². The predicted octanol–water partition coefficient (Wildman–Crippen LogP) is 1.21. The number of sulfonamides is 1. The van der Waals surface area contributed by atoms with Crippen molar-refractivity contribution in [3.8, 4) is 5.75 Å². The fourth-order valence-electron chi connectivity index (χ4n) is 2.18. The number of nitrogens with one attached hydrogen (secondary N) is 2. The Morgan fingerprint density at radius 3 is 2.38 bits per heavy atom. The summed E-state index contributed by atoms with van der Waals surface area (Å²) in [6, 6.07) is 3.80. The lowest BCUT2D eigenvalue weighted by atomic mass is 10.2. The van der Waals surface area contributed by atoms with Crippen LogP contribution in [0.25, 0.3) is 0 Å². The molecule has 0 radical (unpaired) electrons. The van der Waals surface area contributed by atoms with Crippen molar-refractivity contribution in [2.75, 3.05) is 7.11 Å². The second kappa shape index (κ2) is 8.05. The number of methoxy groups -OCH3 is 1. The van der Waals surface area contributed by atoms with Gasteiger partial charge in [-0.25, -0.2) is 17.9 Å². The molecule has 26 heavy (non-hydrogen) atoms. The minimum atomic E-state index is -3.82. The summed E-state index contributed by atoms with van der Waals surface area (Å²) in [6.45, 7) is 5.03. The van der Waals surface area contributed by atoms with Crippen LogP contribution < -0.4 is 14.8 Å². The molecule has 0 aliphatic heterocycles. The molecule has 0 bridgehead atoms. The maximum atomic E-state index is 12.5. The minimum Gasteiger partial charge on any atom is -0.495 e. The molecule has 1 aliphatic rings. The molecular formula is C17H24N2O6S. The van der Waals surface area contributed by atoms with E-state index in [1.807, 2.05) is 0 Å². The number of hydrogen-bond acceptors (Lipinski definition) is 6. The Hall–Kier alpha value is -2.13. The summed E-state index contributed by atoms with van der Waals surface area (Å²) in [5, 5.41) is 2.64. The van der Waals surface area contributed by atoms with Crippen LogP contribution in [0, 0.1) is 0 Å². The minimum absolute atomic E-state index is 0.0196. The smallest absolute Gasteiger partial charge is 0.338 e. The quantitative estimate of drug-likeness (QED) is 0.652. The van der Waals surface area contributed by atoms with E-state index >= 15 is 0 Å². The summed E-state index contributed by atoms with van der Waals surface area (Å²) in [5.74, 6) is -1.09. The lowest BCUT2D eigenvalue weighted by Crippen LogP contribution is -2.39. The standard InChI is InChI=1S/C17H24N2O6S/c1-10(2)18-16(20)11(3)25-17(21)12-5-8-14(24-4)15(9-12)26(22,23)19-13-6-7-13/h5,8-11,13,19H,6-7H2,1-4H3,(H,18,20)/t11-/m1/s1. The molecule has 144 valence electrons. The molecule has 0 heterocycles. The molecule has 1 fully saturated rings. The number of carbonyl (C=O) groups excluding carboxylic acids is 2. The zero-order valence-corrected chi connectivity index (χ0v) is 16.1. The molecule has 1 amide bonds. The first kappa shape index (κ1) is 20.2. The van der Waals surface area contributed by atoms with E-state index in [1.165, 1.54) is 32.2 Å². The zero-order chi connectivity index (χ0) is 19.5. The number of hydrogen-bond donors (Lipinski definition) is 2. The van der Waals surface area contributed by atoms with Gasteiger partial charge >= 0.3 is 5.97 Å². The molecule has 1 atom stereocenters. The molecule has 0 unspecified atom stereocenters. The summed E-state index contributed by atoms with van der Waals surface area (Å²) in [5.41, 5.74) is 0.0196. The highest BCUT2D eigenvalue weighted by atomic mass is 32.2. The van der Waals surface area contributed by atoms with Crippen molar-refractivity contribution in [1.29, 1.82) is 0 Å². The first-order chi connectivity index (χ1) is 12.1. The fraction of sp³-hybridized carbons (Fsp3) is 0.529. The third-order valence-corrected chi connectivity index (χ3v) is 5.21. The van der Waals surface area contributed by atoms with E-state index in [1.54, 1.807) is 13.8 Å². The van der Waals surface area contributed by atoms with E-state index in [-0.39, 0.29) is 28.3 Å². The van der Waals surface area contributed by atoms with Gasteiger partial charge in [-0.1, -0.05) is 0 Å². The SMILES string of the molecule is COc1ccc(C(=O)O[C@H](C)C(=O)NC(C)C)cc1S(=O)(=O)NC1CC1. The highest BCUT2D eigenvalue weighted by Gasteiger charge is 2.30. The topological polar surface area (TPSA) is 111 Å². The molecule has 0 spiro atoms. The van der Waals surface area contributed by atoms with Gasteiger partial charge in [0, 0.05) is 12.1 Å². The van der Waals surface area contributed by atoms with Crippen LogP contribution in [0.5, 0.6) is 5.75 Å². The Morgan fingerprint density at radius 1 is 1.19 bits per heavy atom. The summed E-state index contributed by atoms with van der Waals surface area (Å²) < 4.78 is 37.7. The molecule has 1 aliphatic carbocycles. The fourth-order valence-corrected chi connectivity index (χ4v) is 3.68. The monoisotopic (exact) mass is 384 g/mol. The third kappa shape index (κ3) is 5.18. The van der Waals surface area contributed by atoms with Gasteiger partial charge in [-0.3, -0.25) is 4.79 Å². The summed E-state index contributed by atoms with van der Waals surface area (Å²) in [7, 11) is -2.47. The van der Waals surface area contributed by atoms with E-state index in [9.17, 15) is 18.0 Å². The first-order valence-corrected chi connectivity index (χ1v) is 9.84. The van der Waals surface area contributed by atoms with Gasteiger partial charge in [-0.2, -0.15) is 0 Å². The van der Waals surface area contributed by atoms with Crippen molar-refractivity contribution < 1.29 is 27.5 Å². The normalized spacial score (nSPS) is 15.4. The van der Waals surface area contributed by atoms with Crippen molar-refractivity contribution in [3.05, 3.63) is 23.8 Å². The van der Waals surface area contributed by atoms with E-state index < -0.39 is 28.0 Å². The molecule has 2 rings (SSSR count). The molecule has 0 aromatic heterocycles. The van der Waals surface area contributed by atoms with Crippen molar-refractivity contribution in [3.63, 3.8) is 0 Å². The van der Waals surface area contributed by atoms with Gasteiger partial charge in [0.15, 0.2) is 6.10 Å². The Bertz CT molecular complexity index is 786. The van der Waals surface area contributed by atoms with Gasteiger partial charge in [0.05, 0.1) is 12.7 Å². The zero-order valence-electron chi connectivity index (χ0n) is 15.2. The van der Waals surface area contributed by atoms with Crippen LogP contribution in [0.4, 0.5) is 0 Å². The Morgan fingerprint density at radius 2 is 1.85 bits per heavy atom. The van der Waals surface area contributed by atoms with Crippen molar-refractivity contribution >= 4 is 21.9 Å². The van der Waals surface area contributed by atoms with Crippen LogP contribution in [0.15, 0.2) is 23.1 Å². The molecule has 1 aromatic rings. The number of rotatable bonds is 8. The van der Waals surface area contributed by atoms with Crippen LogP contribution >= 0.6 is 0 Å². The van der Waals surface area contributed by atoms with E-state index in [2.05, 4.69) is 10.0 Å². The van der Waals surface area contributed by atoms with Crippen molar-refractivity contribution in [2.24, 2.45) is 0 Å². The van der Waals surface area contributed by atoms with Crippen LogP contribution in [0.3, 0.4) is 0 Å². The van der Waals surface area contributed by atoms with Crippen LogP contribution in [0.2, 0.25) is 0 Å². The van der Waals surface area contributed by atoms with Gasteiger partial charge < -0.3 is 14.8 Å². The van der Waals surface area contributed by atoms with Gasteiger partial charge in [-0.05, 0) is 51.8 Å². The molecule has 1 aromatic carbocycles. The number of benzene rings is 1. The average Bonchev–Trinajstić information content (AvgIpc) is 3.36. The highest BCUT2D eigenvalue weighted by Crippen LogP contribution is 2.28.